The zero-order chi connectivity index (χ0) is 23.5. The van der Waals surface area contributed by atoms with Crippen molar-refractivity contribution in [1.82, 2.24) is 14.7 Å². The third-order valence-corrected chi connectivity index (χ3v) is 7.15. The van der Waals surface area contributed by atoms with Gasteiger partial charge in [-0.3, -0.25) is 9.69 Å². The summed E-state index contributed by atoms with van der Waals surface area (Å²) in [4.78, 5) is 15.9. The van der Waals surface area contributed by atoms with Crippen molar-refractivity contribution in [2.24, 2.45) is 0 Å². The second-order valence-electron chi connectivity index (χ2n) is 9.03. The third-order valence-electron chi connectivity index (χ3n) is 6.65. The van der Waals surface area contributed by atoms with Crippen LogP contribution in [0.2, 0.25) is 10.0 Å². The summed E-state index contributed by atoms with van der Waals surface area (Å²) >= 11 is 12.1. The van der Waals surface area contributed by atoms with Gasteiger partial charge in [-0.2, -0.15) is 5.10 Å². The number of likely N-dealkylation sites (tertiary alicyclic amines) is 1. The summed E-state index contributed by atoms with van der Waals surface area (Å²) in [6.45, 7) is 2.84. The molecule has 0 spiro atoms. The van der Waals surface area contributed by atoms with E-state index in [4.69, 9.17) is 28.3 Å². The van der Waals surface area contributed by atoms with Crippen LogP contribution in [0.5, 0.6) is 0 Å². The van der Waals surface area contributed by atoms with E-state index in [1.807, 2.05) is 60.7 Å². The van der Waals surface area contributed by atoms with Gasteiger partial charge >= 0.3 is 0 Å². The van der Waals surface area contributed by atoms with Gasteiger partial charge < -0.3 is 0 Å². The molecule has 1 aliphatic heterocycles. The number of halogens is 2. The highest BCUT2D eigenvalue weighted by atomic mass is 35.5. The SMILES string of the molecule is O=c1c2ccccc2c(Cc2ccc(Cl)cc2)nn1C1CCCN(Cc2ccc(Cl)cc2)CC1. The van der Waals surface area contributed by atoms with Crippen molar-refractivity contribution in [2.75, 3.05) is 13.1 Å². The molecule has 1 unspecified atom stereocenters. The van der Waals surface area contributed by atoms with E-state index in [2.05, 4.69) is 17.0 Å². The minimum absolute atomic E-state index is 0.00612. The first-order valence-electron chi connectivity index (χ1n) is 11.8. The zero-order valence-corrected chi connectivity index (χ0v) is 20.5. The first-order chi connectivity index (χ1) is 16.6. The lowest BCUT2D eigenvalue weighted by atomic mass is 10.0. The van der Waals surface area contributed by atoms with Crippen molar-refractivity contribution < 1.29 is 0 Å². The van der Waals surface area contributed by atoms with E-state index in [-0.39, 0.29) is 11.6 Å². The van der Waals surface area contributed by atoms with Gasteiger partial charge in [0.25, 0.3) is 5.56 Å². The number of hydrogen-bond donors (Lipinski definition) is 0. The summed E-state index contributed by atoms with van der Waals surface area (Å²) in [5, 5.41) is 8.08. The van der Waals surface area contributed by atoms with Gasteiger partial charge in [0, 0.05) is 34.9 Å². The Hall–Kier alpha value is -2.66. The van der Waals surface area contributed by atoms with Gasteiger partial charge in [0.2, 0.25) is 0 Å². The highest BCUT2D eigenvalue weighted by molar-refractivity contribution is 6.30. The normalized spacial score (nSPS) is 17.1. The minimum atomic E-state index is 0.00612. The van der Waals surface area contributed by atoms with Gasteiger partial charge in [-0.15, -0.1) is 0 Å². The summed E-state index contributed by atoms with van der Waals surface area (Å²) in [6.07, 6.45) is 3.54. The van der Waals surface area contributed by atoms with E-state index < -0.39 is 0 Å². The fraction of sp³-hybridized carbons (Fsp3) is 0.286. The number of aromatic nitrogens is 2. The lowest BCUT2D eigenvalue weighted by Gasteiger charge is -2.21. The number of benzene rings is 3. The molecule has 1 atom stereocenters. The number of nitrogens with zero attached hydrogens (tertiary/aromatic N) is 3. The average Bonchev–Trinajstić information content (AvgIpc) is 3.09. The van der Waals surface area contributed by atoms with Crippen LogP contribution in [0.3, 0.4) is 0 Å². The Balaban J connectivity index is 1.41. The Kier molecular flexibility index (Phi) is 7.00. The Morgan fingerprint density at radius 2 is 1.44 bits per heavy atom. The highest BCUT2D eigenvalue weighted by Crippen LogP contribution is 2.25. The minimum Gasteiger partial charge on any atom is -0.299 e. The molecule has 4 nitrogen and oxygen atoms in total. The van der Waals surface area contributed by atoms with Crippen LogP contribution in [0.4, 0.5) is 0 Å². The fourth-order valence-electron chi connectivity index (χ4n) is 4.84. The summed E-state index contributed by atoms with van der Waals surface area (Å²) in [6, 6.07) is 23.8. The maximum atomic E-state index is 13.5. The van der Waals surface area contributed by atoms with Crippen LogP contribution in [0.25, 0.3) is 10.8 Å². The second-order valence-corrected chi connectivity index (χ2v) is 9.91. The van der Waals surface area contributed by atoms with E-state index in [0.717, 1.165) is 65.9 Å². The molecule has 1 aliphatic rings. The molecule has 0 bridgehead atoms. The van der Waals surface area contributed by atoms with Crippen LogP contribution < -0.4 is 5.56 Å². The molecule has 0 N–H and O–H groups in total. The van der Waals surface area contributed by atoms with Crippen LogP contribution in [-0.4, -0.2) is 27.8 Å². The third kappa shape index (κ3) is 5.20. The molecule has 0 amide bonds. The maximum absolute atomic E-state index is 13.5. The van der Waals surface area contributed by atoms with E-state index in [9.17, 15) is 4.79 Å². The molecule has 5 rings (SSSR count). The fourth-order valence-corrected chi connectivity index (χ4v) is 5.09. The summed E-state index contributed by atoms with van der Waals surface area (Å²) in [5.41, 5.74) is 3.32. The lowest BCUT2D eigenvalue weighted by Crippen LogP contribution is -2.30. The molecule has 1 aromatic heterocycles. The van der Waals surface area contributed by atoms with Gasteiger partial charge in [0.1, 0.15) is 0 Å². The van der Waals surface area contributed by atoms with E-state index in [0.29, 0.717) is 11.4 Å². The molecule has 1 fully saturated rings. The van der Waals surface area contributed by atoms with Gasteiger partial charge in [-0.25, -0.2) is 4.68 Å². The van der Waals surface area contributed by atoms with Crippen molar-refractivity contribution in [3.8, 4) is 0 Å². The first-order valence-corrected chi connectivity index (χ1v) is 12.5. The predicted octanol–water partition coefficient (Wildman–Crippen LogP) is 6.52. The molecule has 34 heavy (non-hydrogen) atoms. The molecule has 0 saturated carbocycles. The standard InChI is InChI=1S/C28H27Cl2N3O/c29-22-11-7-20(8-12-22)18-27-25-5-1-2-6-26(25)28(34)33(31-27)24-4-3-16-32(17-15-24)19-21-9-13-23(30)14-10-21/h1-2,5-14,24H,3-4,15-19H2. The Morgan fingerprint density at radius 3 is 2.15 bits per heavy atom. The lowest BCUT2D eigenvalue weighted by molar-refractivity contribution is 0.270. The van der Waals surface area contributed by atoms with Crippen LogP contribution >= 0.6 is 23.2 Å². The quantitative estimate of drug-likeness (QED) is 0.318. The molecule has 0 aliphatic carbocycles. The zero-order valence-electron chi connectivity index (χ0n) is 19.0. The van der Waals surface area contributed by atoms with Crippen LogP contribution in [-0.2, 0) is 13.0 Å². The van der Waals surface area contributed by atoms with Crippen LogP contribution in [0.15, 0.2) is 77.6 Å². The summed E-state index contributed by atoms with van der Waals surface area (Å²) < 4.78 is 1.76. The maximum Gasteiger partial charge on any atom is 0.274 e. The van der Waals surface area contributed by atoms with Crippen molar-refractivity contribution in [1.29, 1.82) is 0 Å². The van der Waals surface area contributed by atoms with Gasteiger partial charge in [0.05, 0.1) is 17.1 Å². The Labute approximate surface area is 209 Å². The Bertz CT molecular complexity index is 1330. The van der Waals surface area contributed by atoms with Crippen molar-refractivity contribution in [3.63, 3.8) is 0 Å². The van der Waals surface area contributed by atoms with Crippen LogP contribution in [0.1, 0.15) is 42.1 Å². The van der Waals surface area contributed by atoms with Gasteiger partial charge in [0.15, 0.2) is 0 Å². The number of hydrogen-bond acceptors (Lipinski definition) is 3. The average molecular weight is 492 g/mol. The molecule has 174 valence electrons. The van der Waals surface area contributed by atoms with Crippen molar-refractivity contribution in [3.05, 3.63) is 110 Å². The van der Waals surface area contributed by atoms with E-state index >= 15 is 0 Å². The monoisotopic (exact) mass is 491 g/mol. The van der Waals surface area contributed by atoms with Crippen LogP contribution in [0, 0.1) is 0 Å². The number of rotatable bonds is 5. The molecule has 4 aromatic rings. The van der Waals surface area contributed by atoms with E-state index in [1.165, 1.54) is 5.56 Å². The molecule has 1 saturated heterocycles. The van der Waals surface area contributed by atoms with Crippen molar-refractivity contribution in [2.45, 2.75) is 38.3 Å². The van der Waals surface area contributed by atoms with Crippen molar-refractivity contribution >= 4 is 34.0 Å². The Morgan fingerprint density at radius 1 is 0.794 bits per heavy atom. The summed E-state index contributed by atoms with van der Waals surface area (Å²) in [7, 11) is 0. The molecule has 2 heterocycles. The molecular formula is C28H27Cl2N3O. The van der Waals surface area contributed by atoms with Gasteiger partial charge in [-0.05, 0) is 67.3 Å². The number of fused-ring (bicyclic) bond motifs is 1. The first kappa shape index (κ1) is 23.1. The highest BCUT2D eigenvalue weighted by Gasteiger charge is 2.22. The summed E-state index contributed by atoms with van der Waals surface area (Å²) in [5.74, 6) is 0. The molecule has 3 aromatic carbocycles. The topological polar surface area (TPSA) is 38.1 Å². The molecule has 6 heteroatoms. The second kappa shape index (κ2) is 10.3. The molecular weight excluding hydrogens is 465 g/mol. The van der Waals surface area contributed by atoms with E-state index in [1.54, 1.807) is 4.68 Å². The van der Waals surface area contributed by atoms with Gasteiger partial charge in [-0.1, -0.05) is 65.7 Å². The smallest absolute Gasteiger partial charge is 0.274 e. The predicted molar refractivity (Wildman–Crippen MR) is 140 cm³/mol. The largest absolute Gasteiger partial charge is 0.299 e. The molecule has 0 radical (unpaired) electrons.